The maximum absolute atomic E-state index is 12.9. The van der Waals surface area contributed by atoms with E-state index in [4.69, 9.17) is 9.26 Å². The van der Waals surface area contributed by atoms with E-state index >= 15 is 0 Å². The van der Waals surface area contributed by atoms with Crippen molar-refractivity contribution in [2.24, 2.45) is 0 Å². The highest BCUT2D eigenvalue weighted by Crippen LogP contribution is 2.24. The molecule has 7 nitrogen and oxygen atoms in total. The van der Waals surface area contributed by atoms with Crippen LogP contribution in [0.1, 0.15) is 23.4 Å². The van der Waals surface area contributed by atoms with Gasteiger partial charge in [-0.1, -0.05) is 17.3 Å². The van der Waals surface area contributed by atoms with Gasteiger partial charge in [0.05, 0.1) is 7.11 Å². The normalized spacial score (nSPS) is 16.6. The Balaban J connectivity index is 1.50. The summed E-state index contributed by atoms with van der Waals surface area (Å²) in [7, 11) is -1.86. The first kappa shape index (κ1) is 19.9. The van der Waals surface area contributed by atoms with Gasteiger partial charge in [0.1, 0.15) is 16.3 Å². The van der Waals surface area contributed by atoms with Gasteiger partial charge in [-0.05, 0) is 50.9 Å². The molecule has 0 radical (unpaired) electrons. The highest BCUT2D eigenvalue weighted by molar-refractivity contribution is 7.89. The van der Waals surface area contributed by atoms with Crippen LogP contribution in [-0.2, 0) is 16.4 Å². The van der Waals surface area contributed by atoms with Crippen LogP contribution < -0.4 is 4.74 Å². The first-order chi connectivity index (χ1) is 12.9. The molecule has 1 aliphatic rings. The van der Waals surface area contributed by atoms with Crippen LogP contribution in [0.25, 0.3) is 0 Å². The van der Waals surface area contributed by atoms with E-state index in [1.165, 1.54) is 9.87 Å². The van der Waals surface area contributed by atoms with E-state index < -0.39 is 10.0 Å². The number of ether oxygens (including phenoxy) is 1. The van der Waals surface area contributed by atoms with Crippen molar-refractivity contribution in [1.82, 2.24) is 14.4 Å². The van der Waals surface area contributed by atoms with E-state index in [-0.39, 0.29) is 4.90 Å². The Bertz CT molecular complexity index is 851. The van der Waals surface area contributed by atoms with E-state index in [9.17, 15) is 8.42 Å². The molecule has 3 rings (SSSR count). The summed E-state index contributed by atoms with van der Waals surface area (Å²) >= 11 is 0. The van der Waals surface area contributed by atoms with Gasteiger partial charge in [-0.25, -0.2) is 8.42 Å². The number of piperazine rings is 1. The van der Waals surface area contributed by atoms with Crippen LogP contribution in [0.15, 0.2) is 33.7 Å². The van der Waals surface area contributed by atoms with E-state index in [0.29, 0.717) is 24.5 Å². The lowest BCUT2D eigenvalue weighted by Crippen LogP contribution is -2.48. The number of hydrogen-bond donors (Lipinski definition) is 0. The number of rotatable bonds is 7. The Morgan fingerprint density at radius 2 is 1.93 bits per heavy atom. The molecule has 0 aliphatic carbocycles. The van der Waals surface area contributed by atoms with Gasteiger partial charge < -0.3 is 14.2 Å². The van der Waals surface area contributed by atoms with Gasteiger partial charge in [-0.3, -0.25) is 0 Å². The zero-order valence-electron chi connectivity index (χ0n) is 16.1. The van der Waals surface area contributed by atoms with Crippen molar-refractivity contribution in [2.75, 3.05) is 39.8 Å². The Labute approximate surface area is 160 Å². The molecule has 0 unspecified atom stereocenters. The third-order valence-electron chi connectivity index (χ3n) is 4.97. The lowest BCUT2D eigenvalue weighted by molar-refractivity contribution is 0.186. The quantitative estimate of drug-likeness (QED) is 0.718. The van der Waals surface area contributed by atoms with Crippen LogP contribution in [-0.4, -0.2) is 62.6 Å². The van der Waals surface area contributed by atoms with Gasteiger partial charge in [0.25, 0.3) is 0 Å². The molecule has 2 aromatic rings. The van der Waals surface area contributed by atoms with Crippen LogP contribution in [0.4, 0.5) is 0 Å². The lowest BCUT2D eigenvalue weighted by Gasteiger charge is -2.33. The topological polar surface area (TPSA) is 75.9 Å². The number of methoxy groups -OCH3 is 1. The van der Waals surface area contributed by atoms with Crippen LogP contribution in [0.2, 0.25) is 0 Å². The zero-order chi connectivity index (χ0) is 19.4. The molecule has 0 bridgehead atoms. The molecule has 1 fully saturated rings. The van der Waals surface area contributed by atoms with Gasteiger partial charge in [0.15, 0.2) is 5.76 Å². The summed E-state index contributed by atoms with van der Waals surface area (Å²) in [5.41, 5.74) is 1.68. The lowest BCUT2D eigenvalue weighted by atomic mass is 10.1. The largest absolute Gasteiger partial charge is 0.497 e. The minimum atomic E-state index is -3.54. The Hall–Kier alpha value is -1.90. The summed E-state index contributed by atoms with van der Waals surface area (Å²) in [6.07, 6.45) is 2.01. The first-order valence-electron chi connectivity index (χ1n) is 9.20. The number of benzene rings is 1. The van der Waals surface area contributed by atoms with Crippen molar-refractivity contribution in [3.05, 3.63) is 41.3 Å². The van der Waals surface area contributed by atoms with Crippen LogP contribution in [0.5, 0.6) is 5.75 Å². The zero-order valence-corrected chi connectivity index (χ0v) is 17.0. The summed E-state index contributed by atoms with van der Waals surface area (Å²) in [4.78, 5) is 2.54. The van der Waals surface area contributed by atoms with Gasteiger partial charge in [0.2, 0.25) is 10.0 Å². The van der Waals surface area contributed by atoms with Crippen molar-refractivity contribution in [3.8, 4) is 5.75 Å². The van der Waals surface area contributed by atoms with E-state index in [1.807, 2.05) is 12.1 Å². The Kier molecular flexibility index (Phi) is 6.18. The fourth-order valence-electron chi connectivity index (χ4n) is 3.50. The van der Waals surface area contributed by atoms with Gasteiger partial charge in [0, 0.05) is 26.2 Å². The second-order valence-electron chi connectivity index (χ2n) is 6.85. The molecule has 8 heteroatoms. The maximum Gasteiger partial charge on any atom is 0.248 e. The highest BCUT2D eigenvalue weighted by atomic mass is 32.2. The van der Waals surface area contributed by atoms with Crippen molar-refractivity contribution in [3.63, 3.8) is 0 Å². The molecule has 1 saturated heterocycles. The highest BCUT2D eigenvalue weighted by Gasteiger charge is 2.33. The summed E-state index contributed by atoms with van der Waals surface area (Å²) in [6, 6.07) is 8.12. The molecule has 1 aromatic carbocycles. The Morgan fingerprint density at radius 3 is 2.56 bits per heavy atom. The molecular formula is C19H27N3O4S. The third-order valence-corrected chi connectivity index (χ3v) is 7.11. The van der Waals surface area contributed by atoms with Gasteiger partial charge in [-0.15, -0.1) is 0 Å². The standard InChI is InChI=1S/C19H27N3O4S/c1-15-19(16(2)26-20-15)27(23,24)22-12-10-21(11-13-22)9-5-7-17-6-4-8-18(14-17)25-3/h4,6,8,14H,5,7,9-13H2,1-3H3. The van der Waals surface area contributed by atoms with Gasteiger partial charge >= 0.3 is 0 Å². The van der Waals surface area contributed by atoms with Crippen molar-refractivity contribution in [2.45, 2.75) is 31.6 Å². The molecule has 0 spiro atoms. The molecule has 148 valence electrons. The van der Waals surface area contributed by atoms with E-state index in [0.717, 1.165) is 38.2 Å². The summed E-state index contributed by atoms with van der Waals surface area (Å²) in [6.45, 7) is 6.72. The number of sulfonamides is 1. The van der Waals surface area contributed by atoms with E-state index in [1.54, 1.807) is 21.0 Å². The second kappa shape index (κ2) is 8.41. The molecule has 0 N–H and O–H groups in total. The summed E-state index contributed by atoms with van der Waals surface area (Å²) < 4.78 is 37.5. The SMILES string of the molecule is COc1cccc(CCCN2CCN(S(=O)(=O)c3c(C)noc3C)CC2)c1. The number of nitrogens with zero attached hydrogens (tertiary/aromatic N) is 3. The average molecular weight is 394 g/mol. The van der Waals surface area contributed by atoms with Crippen LogP contribution in [0, 0.1) is 13.8 Å². The van der Waals surface area contributed by atoms with E-state index in [2.05, 4.69) is 22.2 Å². The maximum atomic E-state index is 12.9. The molecule has 1 aromatic heterocycles. The molecular weight excluding hydrogens is 366 g/mol. The fourth-order valence-corrected chi connectivity index (χ4v) is 5.21. The van der Waals surface area contributed by atoms with Crippen molar-refractivity contribution in [1.29, 1.82) is 0 Å². The molecule has 0 atom stereocenters. The second-order valence-corrected chi connectivity index (χ2v) is 8.73. The fraction of sp³-hybridized carbons (Fsp3) is 0.526. The minimum absolute atomic E-state index is 0.217. The molecule has 0 amide bonds. The molecule has 0 saturated carbocycles. The molecule has 2 heterocycles. The van der Waals surface area contributed by atoms with Gasteiger partial charge in [-0.2, -0.15) is 4.31 Å². The monoisotopic (exact) mass is 393 g/mol. The number of aromatic nitrogens is 1. The summed E-state index contributed by atoms with van der Waals surface area (Å²) in [5.74, 6) is 1.24. The third kappa shape index (κ3) is 4.51. The van der Waals surface area contributed by atoms with Crippen molar-refractivity contribution < 1.29 is 17.7 Å². The number of hydrogen-bond acceptors (Lipinski definition) is 6. The van der Waals surface area contributed by atoms with Crippen LogP contribution >= 0.6 is 0 Å². The Morgan fingerprint density at radius 1 is 1.19 bits per heavy atom. The number of aryl methyl sites for hydroxylation is 3. The minimum Gasteiger partial charge on any atom is -0.497 e. The molecule has 1 aliphatic heterocycles. The predicted molar refractivity (Wildman–Crippen MR) is 102 cm³/mol. The molecule has 27 heavy (non-hydrogen) atoms. The smallest absolute Gasteiger partial charge is 0.248 e. The van der Waals surface area contributed by atoms with Crippen LogP contribution in [0.3, 0.4) is 0 Å². The summed E-state index contributed by atoms with van der Waals surface area (Å²) in [5, 5.41) is 3.77. The first-order valence-corrected chi connectivity index (χ1v) is 10.6. The predicted octanol–water partition coefficient (Wildman–Crippen LogP) is 2.24. The van der Waals surface area contributed by atoms with Crippen molar-refractivity contribution >= 4 is 10.0 Å². The average Bonchev–Trinajstić information content (AvgIpc) is 3.01.